The van der Waals surface area contributed by atoms with E-state index in [0.29, 0.717) is 36.4 Å². The van der Waals surface area contributed by atoms with Gasteiger partial charge < -0.3 is 10.1 Å². The molecule has 1 heterocycles. The van der Waals surface area contributed by atoms with Crippen LogP contribution in [0.5, 0.6) is 5.75 Å². The van der Waals surface area contributed by atoms with Crippen molar-refractivity contribution in [1.29, 1.82) is 5.26 Å². The number of nitrogens with zero attached hydrogens (tertiary/aromatic N) is 2. The van der Waals surface area contributed by atoms with E-state index in [1.54, 1.807) is 12.1 Å². The second-order valence-corrected chi connectivity index (χ2v) is 8.67. The molecule has 3 rings (SSSR count). The van der Waals surface area contributed by atoms with Gasteiger partial charge in [-0.2, -0.15) is 9.57 Å². The van der Waals surface area contributed by atoms with E-state index in [1.165, 1.54) is 28.6 Å². The quantitative estimate of drug-likeness (QED) is 0.785. The first-order valence-corrected chi connectivity index (χ1v) is 10.9. The number of para-hydroxylation sites is 2. The molecule has 1 fully saturated rings. The van der Waals surface area contributed by atoms with Crippen molar-refractivity contribution in [2.24, 2.45) is 5.92 Å². The SMILES string of the molecule is CCOc1ccccc1NC(=O)C1CCN(S(=O)(=O)c2ccc(C#N)cc2)CC1. The largest absolute Gasteiger partial charge is 0.492 e. The van der Waals surface area contributed by atoms with Crippen LogP contribution in [0.15, 0.2) is 53.4 Å². The van der Waals surface area contributed by atoms with E-state index in [0.717, 1.165) is 0 Å². The number of benzene rings is 2. The molecule has 0 unspecified atom stereocenters. The molecule has 2 aromatic carbocycles. The normalized spacial score (nSPS) is 15.4. The number of nitriles is 1. The van der Waals surface area contributed by atoms with Crippen LogP contribution in [0.2, 0.25) is 0 Å². The van der Waals surface area contributed by atoms with Crippen LogP contribution in [0.3, 0.4) is 0 Å². The van der Waals surface area contributed by atoms with Gasteiger partial charge in [-0.15, -0.1) is 0 Å². The molecule has 0 atom stereocenters. The predicted octanol–water partition coefficient (Wildman–Crippen LogP) is 3.00. The van der Waals surface area contributed by atoms with Gasteiger partial charge in [0, 0.05) is 19.0 Å². The Labute approximate surface area is 171 Å². The molecule has 1 saturated heterocycles. The van der Waals surface area contributed by atoms with Crippen LogP contribution < -0.4 is 10.1 Å². The summed E-state index contributed by atoms with van der Waals surface area (Å²) in [5.74, 6) is 0.217. The summed E-state index contributed by atoms with van der Waals surface area (Å²) in [7, 11) is -3.64. The Morgan fingerprint density at radius 3 is 2.45 bits per heavy atom. The van der Waals surface area contributed by atoms with E-state index in [4.69, 9.17) is 10.00 Å². The summed E-state index contributed by atoms with van der Waals surface area (Å²) < 4.78 is 32.5. The molecule has 29 heavy (non-hydrogen) atoms. The summed E-state index contributed by atoms with van der Waals surface area (Å²) in [6, 6.07) is 15.1. The van der Waals surface area contributed by atoms with Gasteiger partial charge in [-0.3, -0.25) is 4.79 Å². The summed E-state index contributed by atoms with van der Waals surface area (Å²) >= 11 is 0. The molecule has 2 aromatic rings. The topological polar surface area (TPSA) is 99.5 Å². The van der Waals surface area contributed by atoms with E-state index in [1.807, 2.05) is 25.1 Å². The van der Waals surface area contributed by atoms with Crippen LogP contribution in [0.4, 0.5) is 5.69 Å². The van der Waals surface area contributed by atoms with Crippen molar-refractivity contribution in [2.75, 3.05) is 25.0 Å². The molecule has 1 aliphatic rings. The third kappa shape index (κ3) is 4.75. The highest BCUT2D eigenvalue weighted by molar-refractivity contribution is 7.89. The van der Waals surface area contributed by atoms with E-state index in [9.17, 15) is 13.2 Å². The summed E-state index contributed by atoms with van der Waals surface area (Å²) in [6.07, 6.45) is 0.885. The Morgan fingerprint density at radius 1 is 1.17 bits per heavy atom. The predicted molar refractivity (Wildman–Crippen MR) is 109 cm³/mol. The maximum atomic E-state index is 12.8. The van der Waals surface area contributed by atoms with Gasteiger partial charge in [0.1, 0.15) is 5.75 Å². The number of anilines is 1. The van der Waals surface area contributed by atoms with Crippen LogP contribution in [-0.4, -0.2) is 38.3 Å². The molecule has 8 heteroatoms. The van der Waals surface area contributed by atoms with E-state index < -0.39 is 10.0 Å². The monoisotopic (exact) mass is 413 g/mol. The number of amides is 1. The van der Waals surface area contributed by atoms with Gasteiger partial charge in [0.15, 0.2) is 0 Å². The average Bonchev–Trinajstić information content (AvgIpc) is 2.75. The maximum absolute atomic E-state index is 12.8. The summed E-state index contributed by atoms with van der Waals surface area (Å²) in [5.41, 5.74) is 1.03. The van der Waals surface area contributed by atoms with Crippen LogP contribution >= 0.6 is 0 Å². The first-order chi connectivity index (χ1) is 14.0. The lowest BCUT2D eigenvalue weighted by Gasteiger charge is -2.30. The molecule has 0 spiro atoms. The number of hydrogen-bond acceptors (Lipinski definition) is 5. The number of ether oxygens (including phenoxy) is 1. The standard InChI is InChI=1S/C21H23N3O4S/c1-2-28-20-6-4-3-5-19(20)23-21(25)17-11-13-24(14-12-17)29(26,27)18-9-7-16(15-22)8-10-18/h3-10,17H,2,11-14H2,1H3,(H,23,25). The van der Waals surface area contributed by atoms with Gasteiger partial charge in [0.05, 0.1) is 28.8 Å². The second kappa shape index (κ2) is 9.07. The van der Waals surface area contributed by atoms with Crippen LogP contribution in [0, 0.1) is 17.2 Å². The van der Waals surface area contributed by atoms with Gasteiger partial charge in [-0.1, -0.05) is 12.1 Å². The smallest absolute Gasteiger partial charge is 0.243 e. The number of sulfonamides is 1. The number of carbonyl (C=O) groups excluding carboxylic acids is 1. The Morgan fingerprint density at radius 2 is 1.83 bits per heavy atom. The van der Waals surface area contributed by atoms with E-state index in [2.05, 4.69) is 5.32 Å². The molecule has 152 valence electrons. The van der Waals surface area contributed by atoms with Crippen LogP contribution in [0.25, 0.3) is 0 Å². The first-order valence-electron chi connectivity index (χ1n) is 9.48. The Bertz CT molecular complexity index is 1000. The van der Waals surface area contributed by atoms with Crippen molar-refractivity contribution in [2.45, 2.75) is 24.7 Å². The number of piperidine rings is 1. The van der Waals surface area contributed by atoms with Crippen LogP contribution in [-0.2, 0) is 14.8 Å². The Kier molecular flexibility index (Phi) is 6.52. The average molecular weight is 413 g/mol. The van der Waals surface area contributed by atoms with Crippen molar-refractivity contribution in [3.8, 4) is 11.8 Å². The summed E-state index contributed by atoms with van der Waals surface area (Å²) in [5, 5.41) is 11.8. The molecule has 7 nitrogen and oxygen atoms in total. The van der Waals surface area contributed by atoms with Gasteiger partial charge in [0.2, 0.25) is 15.9 Å². The van der Waals surface area contributed by atoms with Gasteiger partial charge in [-0.25, -0.2) is 8.42 Å². The summed E-state index contributed by atoms with van der Waals surface area (Å²) in [4.78, 5) is 12.8. The zero-order valence-corrected chi connectivity index (χ0v) is 17.0. The minimum Gasteiger partial charge on any atom is -0.492 e. The van der Waals surface area contributed by atoms with E-state index in [-0.39, 0.29) is 29.8 Å². The highest BCUT2D eigenvalue weighted by Crippen LogP contribution is 2.28. The van der Waals surface area contributed by atoms with Crippen LogP contribution in [0.1, 0.15) is 25.3 Å². The lowest BCUT2D eigenvalue weighted by atomic mass is 9.97. The molecule has 0 saturated carbocycles. The van der Waals surface area contributed by atoms with Crippen molar-refractivity contribution >= 4 is 21.6 Å². The number of carbonyl (C=O) groups is 1. The molecule has 0 bridgehead atoms. The van der Waals surface area contributed by atoms with E-state index >= 15 is 0 Å². The molecule has 0 aromatic heterocycles. The van der Waals surface area contributed by atoms with Gasteiger partial charge in [0.25, 0.3) is 0 Å². The molecular weight excluding hydrogens is 390 g/mol. The molecular formula is C21H23N3O4S. The number of hydrogen-bond donors (Lipinski definition) is 1. The fourth-order valence-corrected chi connectivity index (χ4v) is 4.76. The van der Waals surface area contributed by atoms with Gasteiger partial charge in [-0.05, 0) is 56.2 Å². The number of rotatable bonds is 6. The minimum atomic E-state index is -3.64. The molecule has 1 amide bonds. The third-order valence-corrected chi connectivity index (χ3v) is 6.80. The fourth-order valence-electron chi connectivity index (χ4n) is 3.29. The van der Waals surface area contributed by atoms with Gasteiger partial charge >= 0.3 is 0 Å². The Hall–Kier alpha value is -2.89. The van der Waals surface area contributed by atoms with Crippen molar-refractivity contribution in [1.82, 2.24) is 4.31 Å². The molecule has 1 aliphatic heterocycles. The molecule has 1 N–H and O–H groups in total. The lowest BCUT2D eigenvalue weighted by Crippen LogP contribution is -2.41. The molecule has 0 aliphatic carbocycles. The van der Waals surface area contributed by atoms with Crippen molar-refractivity contribution < 1.29 is 17.9 Å². The highest BCUT2D eigenvalue weighted by Gasteiger charge is 2.32. The zero-order valence-electron chi connectivity index (χ0n) is 16.2. The number of nitrogens with one attached hydrogen (secondary N) is 1. The van der Waals surface area contributed by atoms with Crippen molar-refractivity contribution in [3.05, 3.63) is 54.1 Å². The minimum absolute atomic E-state index is 0.132. The lowest BCUT2D eigenvalue weighted by molar-refractivity contribution is -0.120. The Balaban J connectivity index is 1.62. The van der Waals surface area contributed by atoms with Crippen molar-refractivity contribution in [3.63, 3.8) is 0 Å². The third-order valence-electron chi connectivity index (χ3n) is 4.89. The maximum Gasteiger partial charge on any atom is 0.243 e. The first kappa shape index (κ1) is 20.8. The molecule has 0 radical (unpaired) electrons. The zero-order chi connectivity index (χ0) is 20.9. The fraction of sp³-hybridized carbons (Fsp3) is 0.333. The second-order valence-electron chi connectivity index (χ2n) is 6.73. The highest BCUT2D eigenvalue weighted by atomic mass is 32.2. The summed E-state index contributed by atoms with van der Waals surface area (Å²) in [6.45, 7) is 2.92.